The number of carbonyl (C=O) groups excluding carboxylic acids is 1. The lowest BCUT2D eigenvalue weighted by molar-refractivity contribution is -0.115. The van der Waals surface area contributed by atoms with Gasteiger partial charge in [-0.1, -0.05) is 18.2 Å². The van der Waals surface area contributed by atoms with Gasteiger partial charge in [-0.25, -0.2) is 4.39 Å². The molecule has 2 aromatic rings. The maximum Gasteiger partial charge on any atom is 0.228 e. The van der Waals surface area contributed by atoms with Crippen LogP contribution in [0.1, 0.15) is 5.56 Å². The molecule has 0 radical (unpaired) electrons. The lowest BCUT2D eigenvalue weighted by atomic mass is 10.1. The molecule has 2 aromatic carbocycles. The molecule has 0 aliphatic heterocycles. The van der Waals surface area contributed by atoms with E-state index in [2.05, 4.69) is 5.32 Å². The van der Waals surface area contributed by atoms with E-state index in [1.165, 1.54) is 12.1 Å². The second-order valence-electron chi connectivity index (χ2n) is 4.33. The Balaban J connectivity index is 2.02. The van der Waals surface area contributed by atoms with Crippen molar-refractivity contribution in [3.05, 3.63) is 59.9 Å². The van der Waals surface area contributed by atoms with Gasteiger partial charge in [-0.05, 0) is 35.9 Å². The quantitative estimate of drug-likeness (QED) is 0.941. The van der Waals surface area contributed by atoms with E-state index >= 15 is 0 Å². The van der Waals surface area contributed by atoms with Gasteiger partial charge in [-0.15, -0.1) is 0 Å². The first-order valence-electron chi connectivity index (χ1n) is 6.02. The van der Waals surface area contributed by atoms with Crippen LogP contribution in [-0.4, -0.2) is 16.4 Å². The molecule has 0 aliphatic rings. The van der Waals surface area contributed by atoms with Crippen LogP contribution in [-0.2, 0) is 22.0 Å². The third-order valence-corrected chi connectivity index (χ3v) is 3.65. The molecule has 0 unspecified atom stereocenters. The van der Waals surface area contributed by atoms with E-state index in [1.54, 1.807) is 42.7 Å². The molecule has 2 rings (SSSR count). The Morgan fingerprint density at radius 1 is 1.20 bits per heavy atom. The summed E-state index contributed by atoms with van der Waals surface area (Å²) in [6.07, 6.45) is 1.75. The molecule has 0 heterocycles. The van der Waals surface area contributed by atoms with E-state index in [9.17, 15) is 13.4 Å². The minimum atomic E-state index is -1.09. The van der Waals surface area contributed by atoms with Gasteiger partial charge in [-0.2, -0.15) is 0 Å². The SMILES string of the molecule is C[S@](=O)c1cccc(NC(=O)Cc2ccc(F)cc2)c1. The van der Waals surface area contributed by atoms with Crippen molar-refractivity contribution in [3.8, 4) is 0 Å². The fourth-order valence-corrected chi connectivity index (χ4v) is 2.31. The molecule has 0 fully saturated rings. The zero-order valence-electron chi connectivity index (χ0n) is 10.9. The molecule has 104 valence electrons. The zero-order valence-corrected chi connectivity index (χ0v) is 11.7. The number of nitrogens with one attached hydrogen (secondary N) is 1. The summed E-state index contributed by atoms with van der Waals surface area (Å²) in [5.74, 6) is -0.525. The lowest BCUT2D eigenvalue weighted by Gasteiger charge is -2.06. The predicted molar refractivity (Wildman–Crippen MR) is 77.5 cm³/mol. The molecule has 1 atom stereocenters. The highest BCUT2D eigenvalue weighted by molar-refractivity contribution is 7.84. The Morgan fingerprint density at radius 2 is 1.90 bits per heavy atom. The van der Waals surface area contributed by atoms with Crippen LogP contribution in [0.25, 0.3) is 0 Å². The predicted octanol–water partition coefficient (Wildman–Crippen LogP) is 2.74. The molecule has 0 bridgehead atoms. The summed E-state index contributed by atoms with van der Waals surface area (Å²) >= 11 is 0. The van der Waals surface area contributed by atoms with Gasteiger partial charge in [0.1, 0.15) is 5.82 Å². The highest BCUT2D eigenvalue weighted by Gasteiger charge is 2.06. The molecule has 0 aliphatic carbocycles. The Kier molecular flexibility index (Phi) is 4.63. The standard InChI is InChI=1S/C15H14FNO2S/c1-20(19)14-4-2-3-13(10-14)17-15(18)9-11-5-7-12(16)8-6-11/h2-8,10H,9H2,1H3,(H,17,18)/t20-/m0/s1. The number of benzene rings is 2. The Bertz CT molecular complexity index is 641. The van der Waals surface area contributed by atoms with Crippen molar-refractivity contribution >= 4 is 22.4 Å². The number of rotatable bonds is 4. The van der Waals surface area contributed by atoms with E-state index in [4.69, 9.17) is 0 Å². The molecule has 0 spiro atoms. The minimum Gasteiger partial charge on any atom is -0.326 e. The number of hydrogen-bond acceptors (Lipinski definition) is 2. The maximum atomic E-state index is 12.8. The van der Waals surface area contributed by atoms with Gasteiger partial charge in [0.05, 0.1) is 6.42 Å². The summed E-state index contributed by atoms with van der Waals surface area (Å²) in [5, 5.41) is 2.73. The van der Waals surface area contributed by atoms with Gasteiger partial charge in [-0.3, -0.25) is 9.00 Å². The van der Waals surface area contributed by atoms with E-state index in [1.807, 2.05) is 0 Å². The van der Waals surface area contributed by atoms with Gasteiger partial charge in [0.25, 0.3) is 0 Å². The first-order chi connectivity index (χ1) is 9.54. The topological polar surface area (TPSA) is 46.2 Å². The third kappa shape index (κ3) is 3.99. The molecule has 0 saturated heterocycles. The van der Waals surface area contributed by atoms with Crippen molar-refractivity contribution in [2.24, 2.45) is 0 Å². The molecule has 5 heteroatoms. The first kappa shape index (κ1) is 14.4. The second-order valence-corrected chi connectivity index (χ2v) is 5.71. The molecule has 1 N–H and O–H groups in total. The highest BCUT2D eigenvalue weighted by Crippen LogP contribution is 2.14. The van der Waals surface area contributed by atoms with Crippen LogP contribution in [0.2, 0.25) is 0 Å². The van der Waals surface area contributed by atoms with Crippen molar-refractivity contribution in [1.82, 2.24) is 0 Å². The summed E-state index contributed by atoms with van der Waals surface area (Å²) < 4.78 is 24.1. The fourth-order valence-electron chi connectivity index (χ4n) is 1.75. The molecule has 1 amide bonds. The molecular formula is C15H14FNO2S. The van der Waals surface area contributed by atoms with Crippen LogP contribution in [0.3, 0.4) is 0 Å². The van der Waals surface area contributed by atoms with Crippen LogP contribution in [0, 0.1) is 5.82 Å². The van der Waals surface area contributed by atoms with Crippen molar-refractivity contribution in [2.75, 3.05) is 11.6 Å². The van der Waals surface area contributed by atoms with Crippen molar-refractivity contribution in [1.29, 1.82) is 0 Å². The van der Waals surface area contributed by atoms with E-state index in [-0.39, 0.29) is 18.1 Å². The van der Waals surface area contributed by atoms with E-state index < -0.39 is 10.8 Å². The Labute approximate surface area is 119 Å². The van der Waals surface area contributed by atoms with Crippen LogP contribution < -0.4 is 5.32 Å². The van der Waals surface area contributed by atoms with Gasteiger partial charge in [0, 0.05) is 27.6 Å². The molecule has 20 heavy (non-hydrogen) atoms. The van der Waals surface area contributed by atoms with Crippen molar-refractivity contribution in [3.63, 3.8) is 0 Å². The summed E-state index contributed by atoms with van der Waals surface area (Å²) in [7, 11) is -1.09. The summed E-state index contributed by atoms with van der Waals surface area (Å²) in [5.41, 5.74) is 1.34. The molecule has 0 aromatic heterocycles. The van der Waals surface area contributed by atoms with Gasteiger partial charge >= 0.3 is 0 Å². The molecular weight excluding hydrogens is 277 g/mol. The number of hydrogen-bond donors (Lipinski definition) is 1. The van der Waals surface area contributed by atoms with Crippen molar-refractivity contribution < 1.29 is 13.4 Å². The normalized spacial score (nSPS) is 11.9. The van der Waals surface area contributed by atoms with Crippen LogP contribution in [0.15, 0.2) is 53.4 Å². The number of amides is 1. The minimum absolute atomic E-state index is 0.166. The van der Waals surface area contributed by atoms with Crippen molar-refractivity contribution in [2.45, 2.75) is 11.3 Å². The summed E-state index contributed by atoms with van der Waals surface area (Å²) in [4.78, 5) is 12.5. The fraction of sp³-hybridized carbons (Fsp3) is 0.133. The van der Waals surface area contributed by atoms with Gasteiger partial charge < -0.3 is 5.32 Å². The largest absolute Gasteiger partial charge is 0.326 e. The average molecular weight is 291 g/mol. The maximum absolute atomic E-state index is 12.8. The average Bonchev–Trinajstić information content (AvgIpc) is 2.41. The Morgan fingerprint density at radius 3 is 2.55 bits per heavy atom. The third-order valence-electron chi connectivity index (χ3n) is 2.73. The first-order valence-corrected chi connectivity index (χ1v) is 7.58. The van der Waals surface area contributed by atoms with Crippen LogP contribution in [0.5, 0.6) is 0 Å². The second kappa shape index (κ2) is 6.43. The van der Waals surface area contributed by atoms with Crippen LogP contribution >= 0.6 is 0 Å². The monoisotopic (exact) mass is 291 g/mol. The van der Waals surface area contributed by atoms with Crippen LogP contribution in [0.4, 0.5) is 10.1 Å². The lowest BCUT2D eigenvalue weighted by Crippen LogP contribution is -2.14. The number of anilines is 1. The zero-order chi connectivity index (χ0) is 14.5. The number of halogens is 1. The highest BCUT2D eigenvalue weighted by atomic mass is 32.2. The molecule has 0 saturated carbocycles. The van der Waals surface area contributed by atoms with E-state index in [0.717, 1.165) is 5.56 Å². The summed E-state index contributed by atoms with van der Waals surface area (Å²) in [6.45, 7) is 0. The smallest absolute Gasteiger partial charge is 0.228 e. The summed E-state index contributed by atoms with van der Waals surface area (Å²) in [6, 6.07) is 12.7. The van der Waals surface area contributed by atoms with E-state index in [0.29, 0.717) is 10.6 Å². The molecule has 3 nitrogen and oxygen atoms in total. The number of carbonyl (C=O) groups is 1. The van der Waals surface area contributed by atoms with Gasteiger partial charge in [0.2, 0.25) is 5.91 Å². The Hall–Kier alpha value is -2.01. The van der Waals surface area contributed by atoms with Gasteiger partial charge in [0.15, 0.2) is 0 Å².